The lowest BCUT2D eigenvalue weighted by molar-refractivity contribution is -0.120. The molecule has 6 nitrogen and oxygen atoms in total. The number of carbonyl (C=O) groups excluding carboxylic acids is 2. The van der Waals surface area contributed by atoms with Gasteiger partial charge in [0, 0.05) is 13.0 Å². The number of nitrogens with one attached hydrogen (secondary N) is 1. The van der Waals surface area contributed by atoms with E-state index in [-0.39, 0.29) is 5.91 Å². The van der Waals surface area contributed by atoms with Gasteiger partial charge in [0.2, 0.25) is 5.91 Å². The van der Waals surface area contributed by atoms with Crippen LogP contribution in [0.5, 0.6) is 5.75 Å². The molecule has 23 heavy (non-hydrogen) atoms. The van der Waals surface area contributed by atoms with Gasteiger partial charge in [-0.2, -0.15) is 0 Å². The summed E-state index contributed by atoms with van der Waals surface area (Å²) in [5.41, 5.74) is 6.26. The SMILES string of the molecule is COc1ccc(CC2CCN(CCC(=O)NC(N)=O)CC2)cc1. The maximum atomic E-state index is 11.4. The largest absolute Gasteiger partial charge is 0.497 e. The molecule has 1 saturated heterocycles. The molecule has 1 aliphatic rings. The Morgan fingerprint density at radius 2 is 1.91 bits per heavy atom. The first-order valence-corrected chi connectivity index (χ1v) is 8.01. The smallest absolute Gasteiger partial charge is 0.318 e. The van der Waals surface area contributed by atoms with Gasteiger partial charge < -0.3 is 15.4 Å². The Balaban J connectivity index is 1.69. The summed E-state index contributed by atoms with van der Waals surface area (Å²) in [5, 5.41) is 2.10. The Hall–Kier alpha value is -2.08. The summed E-state index contributed by atoms with van der Waals surface area (Å²) in [7, 11) is 1.68. The average Bonchev–Trinajstić information content (AvgIpc) is 2.54. The van der Waals surface area contributed by atoms with Crippen LogP contribution >= 0.6 is 0 Å². The second-order valence-electron chi connectivity index (χ2n) is 6.00. The van der Waals surface area contributed by atoms with Crippen LogP contribution in [0.4, 0.5) is 4.79 Å². The van der Waals surface area contributed by atoms with Crippen molar-refractivity contribution in [1.82, 2.24) is 10.2 Å². The van der Waals surface area contributed by atoms with E-state index in [4.69, 9.17) is 10.5 Å². The van der Waals surface area contributed by atoms with Gasteiger partial charge in [0.25, 0.3) is 0 Å². The number of likely N-dealkylation sites (tertiary alicyclic amines) is 1. The van der Waals surface area contributed by atoms with Gasteiger partial charge in [-0.15, -0.1) is 0 Å². The number of rotatable bonds is 6. The third kappa shape index (κ3) is 5.90. The van der Waals surface area contributed by atoms with Gasteiger partial charge in [-0.05, 0) is 56.0 Å². The molecule has 0 unspecified atom stereocenters. The van der Waals surface area contributed by atoms with E-state index in [2.05, 4.69) is 22.3 Å². The number of nitrogens with two attached hydrogens (primary N) is 1. The van der Waals surface area contributed by atoms with Crippen molar-refractivity contribution in [2.45, 2.75) is 25.7 Å². The van der Waals surface area contributed by atoms with Gasteiger partial charge in [-0.1, -0.05) is 12.1 Å². The Bertz CT molecular complexity index is 522. The van der Waals surface area contributed by atoms with Crippen LogP contribution in [0.15, 0.2) is 24.3 Å². The lowest BCUT2D eigenvalue weighted by atomic mass is 9.90. The summed E-state index contributed by atoms with van der Waals surface area (Å²) in [6.45, 7) is 2.66. The van der Waals surface area contributed by atoms with Crippen LogP contribution in [0.25, 0.3) is 0 Å². The number of urea groups is 1. The molecule has 0 spiro atoms. The highest BCUT2D eigenvalue weighted by molar-refractivity contribution is 5.93. The van der Waals surface area contributed by atoms with Crippen LogP contribution in [0.3, 0.4) is 0 Å². The number of hydrogen-bond donors (Lipinski definition) is 2. The van der Waals surface area contributed by atoms with Crippen LogP contribution < -0.4 is 15.8 Å². The van der Waals surface area contributed by atoms with Crippen LogP contribution in [0, 0.1) is 5.92 Å². The highest BCUT2D eigenvalue weighted by Crippen LogP contribution is 2.23. The summed E-state index contributed by atoms with van der Waals surface area (Å²) in [6.07, 6.45) is 3.65. The summed E-state index contributed by atoms with van der Waals surface area (Å²) in [6, 6.07) is 7.47. The molecule has 0 aromatic heterocycles. The van der Waals surface area contributed by atoms with Gasteiger partial charge in [0.05, 0.1) is 7.11 Å². The highest BCUT2D eigenvalue weighted by atomic mass is 16.5. The fraction of sp³-hybridized carbons (Fsp3) is 0.529. The van der Waals surface area contributed by atoms with E-state index in [1.165, 1.54) is 5.56 Å². The molecule has 0 bridgehead atoms. The van der Waals surface area contributed by atoms with Crippen LogP contribution in [0.1, 0.15) is 24.8 Å². The van der Waals surface area contributed by atoms with E-state index in [0.717, 1.165) is 38.1 Å². The zero-order valence-corrected chi connectivity index (χ0v) is 13.6. The average molecular weight is 319 g/mol. The van der Waals surface area contributed by atoms with Gasteiger partial charge in [-0.25, -0.2) is 4.79 Å². The first-order valence-electron chi connectivity index (χ1n) is 8.01. The number of piperidine rings is 1. The second-order valence-corrected chi connectivity index (χ2v) is 6.00. The highest BCUT2D eigenvalue weighted by Gasteiger charge is 2.20. The molecule has 2 rings (SSSR count). The minimum atomic E-state index is -0.784. The minimum Gasteiger partial charge on any atom is -0.497 e. The van der Waals surface area contributed by atoms with Crippen molar-refractivity contribution < 1.29 is 14.3 Å². The molecule has 0 aliphatic carbocycles. The predicted octanol–water partition coefficient (Wildman–Crippen LogP) is 1.53. The maximum absolute atomic E-state index is 11.4. The van der Waals surface area contributed by atoms with Gasteiger partial charge in [-0.3, -0.25) is 10.1 Å². The third-order valence-electron chi connectivity index (χ3n) is 4.31. The standard InChI is InChI=1S/C17H25N3O3/c1-23-15-4-2-13(3-5-15)12-14-6-9-20(10-7-14)11-8-16(21)19-17(18)22/h2-5,14H,6-12H2,1H3,(H3,18,19,21,22). The van der Waals surface area contributed by atoms with Crippen molar-refractivity contribution >= 4 is 11.9 Å². The van der Waals surface area contributed by atoms with Crippen molar-refractivity contribution in [3.05, 3.63) is 29.8 Å². The molecule has 0 saturated carbocycles. The quantitative estimate of drug-likeness (QED) is 0.833. The summed E-state index contributed by atoms with van der Waals surface area (Å²) >= 11 is 0. The molecular weight excluding hydrogens is 294 g/mol. The van der Waals surface area contributed by atoms with Crippen LogP contribution in [-0.2, 0) is 11.2 Å². The van der Waals surface area contributed by atoms with Crippen molar-refractivity contribution in [1.29, 1.82) is 0 Å². The molecule has 3 N–H and O–H groups in total. The molecule has 0 radical (unpaired) electrons. The number of benzene rings is 1. The van der Waals surface area contributed by atoms with Crippen LogP contribution in [-0.4, -0.2) is 43.6 Å². The molecule has 0 atom stereocenters. The Morgan fingerprint density at radius 3 is 2.48 bits per heavy atom. The predicted molar refractivity (Wildman–Crippen MR) is 88.2 cm³/mol. The Labute approximate surface area is 137 Å². The zero-order valence-electron chi connectivity index (χ0n) is 13.6. The lowest BCUT2D eigenvalue weighted by Crippen LogP contribution is -2.39. The minimum absolute atomic E-state index is 0.308. The number of nitrogens with zero attached hydrogens (tertiary/aromatic N) is 1. The topological polar surface area (TPSA) is 84.7 Å². The van der Waals surface area contributed by atoms with Crippen molar-refractivity contribution in [3.63, 3.8) is 0 Å². The van der Waals surface area contributed by atoms with Gasteiger partial charge in [0.15, 0.2) is 0 Å². The molecule has 1 aromatic carbocycles. The molecule has 126 valence electrons. The Kier molecular flexibility index (Phi) is 6.40. The van der Waals surface area contributed by atoms with E-state index < -0.39 is 6.03 Å². The number of carbonyl (C=O) groups is 2. The molecule has 6 heteroatoms. The lowest BCUT2D eigenvalue weighted by Gasteiger charge is -2.31. The third-order valence-corrected chi connectivity index (χ3v) is 4.31. The second kappa shape index (κ2) is 8.53. The summed E-state index contributed by atoms with van der Waals surface area (Å²) < 4.78 is 5.18. The number of methoxy groups -OCH3 is 1. The van der Waals surface area contributed by atoms with Gasteiger partial charge >= 0.3 is 6.03 Å². The monoisotopic (exact) mass is 319 g/mol. The molecule has 3 amide bonds. The summed E-state index contributed by atoms with van der Waals surface area (Å²) in [4.78, 5) is 24.3. The van der Waals surface area contributed by atoms with E-state index >= 15 is 0 Å². The maximum Gasteiger partial charge on any atom is 0.318 e. The Morgan fingerprint density at radius 1 is 1.26 bits per heavy atom. The molecule has 1 fully saturated rings. The zero-order chi connectivity index (χ0) is 16.7. The van der Waals surface area contributed by atoms with Crippen molar-refractivity contribution in [3.8, 4) is 5.75 Å². The first kappa shape index (κ1) is 17.3. The normalized spacial score (nSPS) is 16.0. The number of primary amides is 1. The molecular formula is C17H25N3O3. The van der Waals surface area contributed by atoms with Crippen molar-refractivity contribution in [2.24, 2.45) is 11.7 Å². The number of amides is 3. The van der Waals surface area contributed by atoms with E-state index in [0.29, 0.717) is 18.9 Å². The summed E-state index contributed by atoms with van der Waals surface area (Å²) in [5.74, 6) is 1.26. The number of ether oxygens (including phenoxy) is 1. The van der Waals surface area contributed by atoms with E-state index in [1.807, 2.05) is 12.1 Å². The van der Waals surface area contributed by atoms with Gasteiger partial charge in [0.1, 0.15) is 5.75 Å². The van der Waals surface area contributed by atoms with E-state index in [1.54, 1.807) is 7.11 Å². The number of hydrogen-bond acceptors (Lipinski definition) is 4. The van der Waals surface area contributed by atoms with Crippen LogP contribution in [0.2, 0.25) is 0 Å². The molecule has 1 heterocycles. The van der Waals surface area contributed by atoms with E-state index in [9.17, 15) is 9.59 Å². The number of imide groups is 1. The van der Waals surface area contributed by atoms with Crippen molar-refractivity contribution in [2.75, 3.05) is 26.7 Å². The molecule has 1 aromatic rings. The first-order chi connectivity index (χ1) is 11.1. The molecule has 1 aliphatic heterocycles. The fourth-order valence-electron chi connectivity index (χ4n) is 2.97. The fourth-order valence-corrected chi connectivity index (χ4v) is 2.97.